The fourth-order valence-corrected chi connectivity index (χ4v) is 18.7. The normalized spacial score (nSPS) is 12.1. The fourth-order valence-electron chi connectivity index (χ4n) is 18.7. The number of hydrogen-bond acceptors (Lipinski definition) is 20. The van der Waals surface area contributed by atoms with E-state index in [0.29, 0.717) is 19.3 Å². The van der Waals surface area contributed by atoms with Gasteiger partial charge in [-0.3, -0.25) is 51.7 Å². The molecule has 0 spiro atoms. The molecule has 0 bridgehead atoms. The maximum atomic E-state index is 12.7. The van der Waals surface area contributed by atoms with Gasteiger partial charge in [-0.1, -0.05) is 172 Å². The van der Waals surface area contributed by atoms with Crippen LogP contribution in [0.2, 0.25) is 0 Å². The maximum absolute atomic E-state index is 12.7. The Hall–Kier alpha value is -19.0. The Labute approximate surface area is 845 Å². The average molecular weight is 1930 g/mol. The third-order valence-electron chi connectivity index (χ3n) is 26.2. The number of fused-ring (bicyclic) bond motifs is 10. The highest BCUT2D eigenvalue weighted by Gasteiger charge is 2.23. The first kappa shape index (κ1) is 93.0. The minimum Gasteiger partial charge on any atom is -0.494 e. The van der Waals surface area contributed by atoms with Crippen molar-refractivity contribution in [1.29, 1.82) is 0 Å². The highest BCUT2D eigenvalue weighted by Crippen LogP contribution is 2.38. The van der Waals surface area contributed by atoms with Crippen molar-refractivity contribution in [2.45, 2.75) is 85.0 Å². The van der Waals surface area contributed by atoms with E-state index in [9.17, 15) is 4.79 Å². The van der Waals surface area contributed by atoms with Gasteiger partial charge >= 0.3 is 0 Å². The third kappa shape index (κ3) is 19.8. The van der Waals surface area contributed by atoms with Gasteiger partial charge in [-0.05, 0) is 279 Å². The second-order valence-corrected chi connectivity index (χ2v) is 35.9. The van der Waals surface area contributed by atoms with Gasteiger partial charge in [0.15, 0.2) is 57.4 Å². The molecule has 1 atom stereocenters. The van der Waals surface area contributed by atoms with E-state index >= 15 is 0 Å². The summed E-state index contributed by atoms with van der Waals surface area (Å²) >= 11 is 0. The molecule has 1 fully saturated rings. The standard InChI is InChI=1S/C25H21N5O.C25H22N4O.C24H20N4O.C24H18N4O.C23H18N4O/c31-24-16-18(10-13-29(24)19-5-1-2-6-19)17-11-14-30-23(15-17)27-28-25(30)21-9-12-26-22-8-4-3-7-20(21)22;1-3-17(2)30-20-10-8-18(9-11-20)19-13-15-29-24(16-19)27-28-25(29)22-12-14-26-23-7-5-4-6-21(22)23;1-16(2)29-19-9-7-17(8-10-19)18-12-14-28-23(15-18)26-27-24(28)21-11-13-25-22-6-4-3-5-20(21)22;1-2-15-29-19-9-7-17(8-10-19)18-12-14-28-23(16-18)26-27-24(28)21-11-13-25-22-6-4-3-5-20(21)22;1-2-28-18-9-7-16(8-10-18)17-12-14-27-22(15-17)25-26-23(27)20-11-13-24-21-6-4-3-5-19(20)21/h3-4,7-16,19H,1-2,5-6H2;4-17H,3H2,1-2H3;3-16H,1-2H3;2-14,16H,1,15H2;3-15H,2H2,1H3. The summed E-state index contributed by atoms with van der Waals surface area (Å²) in [6.45, 7) is 15.1. The Balaban J connectivity index is 0.000000104. The monoisotopic (exact) mass is 1930 g/mol. The Morgan fingerprint density at radius 3 is 0.864 bits per heavy atom. The van der Waals surface area contributed by atoms with E-state index in [-0.39, 0.29) is 17.8 Å². The first-order valence-corrected chi connectivity index (χ1v) is 49.1. The molecule has 1 saturated carbocycles. The van der Waals surface area contributed by atoms with Gasteiger partial charge in [0.2, 0.25) is 0 Å². The second-order valence-electron chi connectivity index (χ2n) is 35.9. The molecule has 718 valence electrons. The zero-order valence-corrected chi connectivity index (χ0v) is 81.3. The number of para-hydroxylation sites is 5. The predicted molar refractivity (Wildman–Crippen MR) is 581 cm³/mol. The number of hydrogen-bond donors (Lipinski definition) is 0. The van der Waals surface area contributed by atoms with Gasteiger partial charge < -0.3 is 23.5 Å². The van der Waals surface area contributed by atoms with Crippen molar-refractivity contribution in [1.82, 2.24) is 102 Å². The molecule has 0 saturated heterocycles. The summed E-state index contributed by atoms with van der Waals surface area (Å²) in [5, 5.41) is 49.6. The van der Waals surface area contributed by atoms with Crippen molar-refractivity contribution in [2.75, 3.05) is 13.2 Å². The molecule has 26 nitrogen and oxygen atoms in total. The summed E-state index contributed by atoms with van der Waals surface area (Å²) in [6, 6.07) is 107. The van der Waals surface area contributed by atoms with Gasteiger partial charge in [-0.15, -0.1) is 51.0 Å². The van der Waals surface area contributed by atoms with Gasteiger partial charge in [0.25, 0.3) is 5.56 Å². The van der Waals surface area contributed by atoms with Gasteiger partial charge in [0, 0.05) is 135 Å². The van der Waals surface area contributed by atoms with Gasteiger partial charge in [-0.2, -0.15) is 0 Å². The fraction of sp³-hybridized carbons (Fsp3) is 0.124. The SMILES string of the molecule is C=CCOc1ccc(-c2ccn3c(-c4ccnc5ccccc45)nnc3c2)cc1.CC(C)Oc1ccc(-c2ccn3c(-c4ccnc5ccccc45)nnc3c2)cc1.CCC(C)Oc1ccc(-c2ccn3c(-c4ccnc5ccccc45)nnc3c2)cc1.CCOc1ccc(-c2ccn3c(-c4ccnc5ccccc45)nnc3c2)cc1.O=c1cc(-c2ccn3c(-c4ccnc5ccccc45)nnc3c2)ccn1C1CCCC1. The molecule has 0 aliphatic heterocycles. The number of ether oxygens (including phenoxy) is 4. The van der Waals surface area contributed by atoms with E-state index in [1.54, 1.807) is 18.3 Å². The quantitative estimate of drug-likeness (QED) is 0.0604. The van der Waals surface area contributed by atoms with E-state index in [1.807, 2.05) is 322 Å². The van der Waals surface area contributed by atoms with Crippen molar-refractivity contribution in [3.8, 4) is 136 Å². The number of rotatable bonds is 21. The molecule has 9 aromatic carbocycles. The number of aromatic nitrogens is 21. The Bertz CT molecular complexity index is 9120. The molecule has 16 aromatic heterocycles. The molecule has 0 radical (unpaired) electrons. The summed E-state index contributed by atoms with van der Waals surface area (Å²) < 4.78 is 34.6. The van der Waals surface area contributed by atoms with E-state index in [4.69, 9.17) is 18.9 Å². The largest absolute Gasteiger partial charge is 0.494 e. The van der Waals surface area contributed by atoms with Crippen molar-refractivity contribution in [3.63, 3.8) is 0 Å². The van der Waals surface area contributed by atoms with Crippen molar-refractivity contribution < 1.29 is 18.9 Å². The molecule has 0 amide bonds. The third-order valence-corrected chi connectivity index (χ3v) is 26.2. The number of pyridine rings is 11. The van der Waals surface area contributed by atoms with Crippen molar-refractivity contribution in [3.05, 3.63) is 413 Å². The predicted octanol–water partition coefficient (Wildman–Crippen LogP) is 26.3. The minimum absolute atomic E-state index is 0.0645. The van der Waals surface area contributed by atoms with Gasteiger partial charge in [0.05, 0.1) is 46.4 Å². The zero-order valence-electron chi connectivity index (χ0n) is 81.3. The second kappa shape index (κ2) is 42.1. The summed E-state index contributed by atoms with van der Waals surface area (Å²) in [7, 11) is 0. The topological polar surface area (TPSA) is 274 Å². The summed E-state index contributed by atoms with van der Waals surface area (Å²) in [4.78, 5) is 34.9. The minimum atomic E-state index is 0.0645. The van der Waals surface area contributed by atoms with E-state index in [2.05, 4.69) is 199 Å². The number of nitrogens with zero attached hydrogens (tertiary/aromatic N) is 21. The molecule has 26 rings (SSSR count). The summed E-state index contributed by atoms with van der Waals surface area (Å²) in [5.41, 5.74) is 24.5. The number of benzene rings is 9. The van der Waals surface area contributed by atoms with Crippen LogP contribution in [0.15, 0.2) is 407 Å². The lowest BCUT2D eigenvalue weighted by Crippen LogP contribution is -2.21. The zero-order chi connectivity index (χ0) is 99.6. The van der Waals surface area contributed by atoms with Crippen LogP contribution in [0.3, 0.4) is 0 Å². The average Bonchev–Trinajstić information content (AvgIpc) is 1.66. The lowest BCUT2D eigenvalue weighted by molar-refractivity contribution is 0.217. The van der Waals surface area contributed by atoms with E-state index in [1.165, 1.54) is 12.8 Å². The van der Waals surface area contributed by atoms with Crippen LogP contribution in [0.5, 0.6) is 23.0 Å². The van der Waals surface area contributed by atoms with E-state index in [0.717, 1.165) is 238 Å². The molecule has 25 aromatic rings. The molecule has 1 aliphatic carbocycles. The molecular weight excluding hydrogens is 1830 g/mol. The lowest BCUT2D eigenvalue weighted by atomic mass is 10.1. The maximum Gasteiger partial charge on any atom is 0.251 e. The molecule has 1 aliphatic rings. The van der Waals surface area contributed by atoms with Crippen LogP contribution in [-0.4, -0.2) is 128 Å². The first-order valence-electron chi connectivity index (χ1n) is 49.1. The van der Waals surface area contributed by atoms with Crippen LogP contribution in [0.4, 0.5) is 0 Å². The van der Waals surface area contributed by atoms with Crippen LogP contribution in [-0.2, 0) is 0 Å². The molecule has 0 N–H and O–H groups in total. The van der Waals surface area contributed by atoms with Crippen molar-refractivity contribution >= 4 is 82.8 Å². The smallest absolute Gasteiger partial charge is 0.251 e. The first-order chi connectivity index (χ1) is 72.3. The molecule has 26 heteroatoms. The van der Waals surface area contributed by atoms with Crippen LogP contribution in [0.1, 0.15) is 72.8 Å². The summed E-state index contributed by atoms with van der Waals surface area (Å²) in [6.07, 6.45) is 28.7. The van der Waals surface area contributed by atoms with Gasteiger partial charge in [-0.25, -0.2) is 0 Å². The van der Waals surface area contributed by atoms with Crippen LogP contribution >= 0.6 is 0 Å². The van der Waals surface area contributed by atoms with Gasteiger partial charge in [0.1, 0.15) is 29.6 Å². The molecule has 147 heavy (non-hydrogen) atoms. The van der Waals surface area contributed by atoms with E-state index < -0.39 is 0 Å². The highest BCUT2D eigenvalue weighted by molar-refractivity contribution is 5.97. The Morgan fingerprint density at radius 1 is 0.306 bits per heavy atom. The lowest BCUT2D eigenvalue weighted by Gasteiger charge is -2.14. The molecule has 1 unspecified atom stereocenters. The molecular formula is C121H99N21O5. The highest BCUT2D eigenvalue weighted by atomic mass is 16.5. The Kier molecular flexibility index (Phi) is 26.6. The Morgan fingerprint density at radius 2 is 0.578 bits per heavy atom. The molecule has 16 heterocycles. The van der Waals surface area contributed by atoms with Crippen LogP contribution in [0, 0.1) is 0 Å². The van der Waals surface area contributed by atoms with Crippen LogP contribution in [0.25, 0.3) is 195 Å². The van der Waals surface area contributed by atoms with Crippen molar-refractivity contribution in [2.24, 2.45) is 0 Å². The summed E-state index contributed by atoms with van der Waals surface area (Å²) in [5.74, 6) is 7.48. The van der Waals surface area contributed by atoms with Crippen LogP contribution < -0.4 is 24.5 Å².